The molecule has 0 heterocycles. The quantitative estimate of drug-likeness (QED) is 0.507. The van der Waals surface area contributed by atoms with Crippen LogP contribution in [0.3, 0.4) is 0 Å². The van der Waals surface area contributed by atoms with Crippen LogP contribution in [-0.4, -0.2) is 17.1 Å². The minimum Gasteiger partial charge on any atom is -0.481 e. The van der Waals surface area contributed by atoms with Crippen LogP contribution >= 0.6 is 0 Å². The molecule has 2 atom stereocenters. The van der Waals surface area contributed by atoms with E-state index in [0.717, 1.165) is 24.8 Å². The molecule has 6 heteroatoms. The van der Waals surface area contributed by atoms with Crippen LogP contribution in [0, 0.1) is 5.82 Å². The van der Waals surface area contributed by atoms with Gasteiger partial charge in [-0.05, 0) is 59.2 Å². The monoisotopic (exact) mass is 325 g/mol. The molecule has 0 saturated carbocycles. The van der Waals surface area contributed by atoms with Crippen molar-refractivity contribution >= 4 is 5.97 Å². The molecule has 0 spiro atoms. The van der Waals surface area contributed by atoms with Crippen molar-refractivity contribution in [2.45, 2.75) is 31.2 Å². The molecule has 0 amide bonds. The zero-order valence-electron chi connectivity index (χ0n) is 12.9. The van der Waals surface area contributed by atoms with Gasteiger partial charge in [0.25, 0.3) is 0 Å². The highest BCUT2D eigenvalue weighted by molar-refractivity contribution is 5.76. The predicted octanol–water partition coefficient (Wildman–Crippen LogP) is 4.21. The van der Waals surface area contributed by atoms with Gasteiger partial charge in [0.2, 0.25) is 0 Å². The van der Waals surface area contributed by atoms with Gasteiger partial charge in [-0.1, -0.05) is 35.4 Å². The van der Waals surface area contributed by atoms with Gasteiger partial charge >= 0.3 is 5.97 Å². The first-order valence-electron chi connectivity index (χ1n) is 7.74. The van der Waals surface area contributed by atoms with Gasteiger partial charge in [-0.15, -0.1) is 0 Å². The highest BCUT2D eigenvalue weighted by atomic mass is 19.1. The van der Waals surface area contributed by atoms with Gasteiger partial charge in [0.05, 0.1) is 0 Å². The van der Waals surface area contributed by atoms with Crippen LogP contribution < -0.4 is 0 Å². The molecular weight excluding hydrogens is 309 g/mol. The van der Waals surface area contributed by atoms with E-state index in [1.807, 2.05) is 18.2 Å². The van der Waals surface area contributed by atoms with E-state index in [4.69, 9.17) is 5.53 Å². The molecule has 1 aliphatic carbocycles. The summed E-state index contributed by atoms with van der Waals surface area (Å²) >= 11 is 0. The maximum Gasteiger partial charge on any atom is 0.313 e. The normalized spacial score (nSPS) is 15.2. The summed E-state index contributed by atoms with van der Waals surface area (Å²) in [6.45, 7) is 0. The number of aryl methyl sites for hydroxylation is 2. The van der Waals surface area contributed by atoms with Crippen LogP contribution in [-0.2, 0) is 17.6 Å². The van der Waals surface area contributed by atoms with E-state index in [9.17, 15) is 14.3 Å². The Morgan fingerprint density at radius 2 is 1.79 bits per heavy atom. The molecule has 0 fully saturated rings. The Morgan fingerprint density at radius 3 is 2.46 bits per heavy atom. The number of carbonyl (C=O) groups is 1. The van der Waals surface area contributed by atoms with Crippen LogP contribution in [0.15, 0.2) is 47.6 Å². The number of hydrogen-bond donors (Lipinski definition) is 1. The molecule has 0 bridgehead atoms. The van der Waals surface area contributed by atoms with Gasteiger partial charge in [-0.25, -0.2) is 4.39 Å². The van der Waals surface area contributed by atoms with Crippen molar-refractivity contribution in [1.82, 2.24) is 0 Å². The van der Waals surface area contributed by atoms with Crippen molar-refractivity contribution in [3.8, 4) is 0 Å². The van der Waals surface area contributed by atoms with E-state index in [1.165, 1.54) is 35.4 Å². The maximum atomic E-state index is 13.2. The minimum absolute atomic E-state index is 0.401. The molecular formula is C18H16FN3O2. The van der Waals surface area contributed by atoms with Gasteiger partial charge < -0.3 is 5.11 Å². The van der Waals surface area contributed by atoms with Gasteiger partial charge in [0.15, 0.2) is 0 Å². The summed E-state index contributed by atoms with van der Waals surface area (Å²) < 4.78 is 13.2. The number of carboxylic acid groups (broad SMARTS) is 1. The van der Waals surface area contributed by atoms with Gasteiger partial charge in [0.1, 0.15) is 11.9 Å². The highest BCUT2D eigenvalue weighted by Crippen LogP contribution is 2.33. The van der Waals surface area contributed by atoms with Crippen molar-refractivity contribution in [2.24, 2.45) is 5.11 Å². The van der Waals surface area contributed by atoms with E-state index in [1.54, 1.807) is 0 Å². The molecule has 0 radical (unpaired) electrons. The third-order valence-corrected chi connectivity index (χ3v) is 4.46. The van der Waals surface area contributed by atoms with E-state index in [0.29, 0.717) is 5.56 Å². The lowest BCUT2D eigenvalue weighted by atomic mass is 9.84. The summed E-state index contributed by atoms with van der Waals surface area (Å²) in [6, 6.07) is 10.2. The van der Waals surface area contributed by atoms with Crippen LogP contribution in [0.25, 0.3) is 10.4 Å². The second-order valence-electron chi connectivity index (χ2n) is 5.90. The number of hydrogen-bond acceptors (Lipinski definition) is 2. The van der Waals surface area contributed by atoms with Crippen LogP contribution in [0.5, 0.6) is 0 Å². The standard InChI is InChI=1S/C18H16FN3O2/c19-15-8-6-12(7-9-15)16(17(18(23)24)21-22-20)14-5-4-11-2-1-3-13(11)10-14/h4-10,16-17H,1-3H2,(H,23,24)/t16-,17?/m0/s1. The summed E-state index contributed by atoms with van der Waals surface area (Å²) in [5, 5.41) is 13.0. The summed E-state index contributed by atoms with van der Waals surface area (Å²) in [5.41, 5.74) is 12.6. The van der Waals surface area contributed by atoms with E-state index >= 15 is 0 Å². The highest BCUT2D eigenvalue weighted by Gasteiger charge is 2.31. The number of benzene rings is 2. The zero-order valence-corrected chi connectivity index (χ0v) is 12.9. The third kappa shape index (κ3) is 3.09. The van der Waals surface area contributed by atoms with Crippen molar-refractivity contribution in [2.75, 3.05) is 0 Å². The summed E-state index contributed by atoms with van der Waals surface area (Å²) in [7, 11) is 0. The van der Waals surface area contributed by atoms with Crippen molar-refractivity contribution in [1.29, 1.82) is 0 Å². The van der Waals surface area contributed by atoms with Gasteiger partial charge in [0, 0.05) is 10.8 Å². The molecule has 1 N–H and O–H groups in total. The summed E-state index contributed by atoms with van der Waals surface area (Å²) in [6.07, 6.45) is 3.06. The first-order valence-corrected chi connectivity index (χ1v) is 7.74. The molecule has 0 saturated heterocycles. The fourth-order valence-electron chi connectivity index (χ4n) is 3.33. The lowest BCUT2D eigenvalue weighted by Gasteiger charge is -2.22. The molecule has 3 rings (SSSR count). The fraction of sp³-hybridized carbons (Fsp3) is 0.278. The topological polar surface area (TPSA) is 86.1 Å². The molecule has 0 aliphatic heterocycles. The first kappa shape index (κ1) is 16.0. The lowest BCUT2D eigenvalue weighted by Crippen LogP contribution is -2.26. The van der Waals surface area contributed by atoms with E-state index in [2.05, 4.69) is 10.0 Å². The predicted molar refractivity (Wildman–Crippen MR) is 87.3 cm³/mol. The number of azide groups is 1. The molecule has 1 aliphatic rings. The number of rotatable bonds is 5. The van der Waals surface area contributed by atoms with Crippen molar-refractivity contribution < 1.29 is 14.3 Å². The largest absolute Gasteiger partial charge is 0.481 e. The van der Waals surface area contributed by atoms with Crippen molar-refractivity contribution in [3.63, 3.8) is 0 Å². The maximum absolute atomic E-state index is 13.2. The molecule has 24 heavy (non-hydrogen) atoms. The van der Waals surface area contributed by atoms with Gasteiger partial charge in [-0.3, -0.25) is 4.79 Å². The lowest BCUT2D eigenvalue weighted by molar-refractivity contribution is -0.138. The van der Waals surface area contributed by atoms with Crippen LogP contribution in [0.4, 0.5) is 4.39 Å². The molecule has 122 valence electrons. The Kier molecular flexibility index (Phi) is 4.49. The Balaban J connectivity index is 2.12. The average molecular weight is 325 g/mol. The number of carboxylic acids is 1. The Bertz CT molecular complexity index is 812. The molecule has 0 aromatic heterocycles. The molecule has 5 nitrogen and oxygen atoms in total. The average Bonchev–Trinajstić information content (AvgIpc) is 3.03. The fourth-order valence-corrected chi connectivity index (χ4v) is 3.33. The molecule has 1 unspecified atom stereocenters. The SMILES string of the molecule is [N-]=[N+]=NC(C(=O)O)[C@@H](c1ccc(F)cc1)c1ccc2c(c1)CCC2. The number of nitrogens with zero attached hydrogens (tertiary/aromatic N) is 3. The van der Waals surface area contributed by atoms with Crippen LogP contribution in [0.2, 0.25) is 0 Å². The summed E-state index contributed by atoms with van der Waals surface area (Å²) in [5.74, 6) is -2.27. The first-order chi connectivity index (χ1) is 11.6. The van der Waals surface area contributed by atoms with Crippen molar-refractivity contribution in [3.05, 3.63) is 81.0 Å². The van der Waals surface area contributed by atoms with Gasteiger partial charge in [-0.2, -0.15) is 0 Å². The Labute approximate surface area is 138 Å². The Hall–Kier alpha value is -2.85. The second-order valence-corrected chi connectivity index (χ2v) is 5.90. The summed E-state index contributed by atoms with van der Waals surface area (Å²) in [4.78, 5) is 14.3. The minimum atomic E-state index is -1.29. The Morgan fingerprint density at radius 1 is 1.12 bits per heavy atom. The second kappa shape index (κ2) is 6.72. The number of halogens is 1. The number of aliphatic carboxylic acids is 1. The smallest absolute Gasteiger partial charge is 0.313 e. The third-order valence-electron chi connectivity index (χ3n) is 4.46. The van der Waals surface area contributed by atoms with Crippen LogP contribution in [0.1, 0.15) is 34.6 Å². The zero-order chi connectivity index (χ0) is 17.1. The van der Waals surface area contributed by atoms with E-state index < -0.39 is 23.7 Å². The van der Waals surface area contributed by atoms with E-state index in [-0.39, 0.29) is 0 Å². The molecule has 2 aromatic carbocycles. The number of fused-ring (bicyclic) bond motifs is 1. The molecule has 2 aromatic rings.